The molecule has 0 bridgehead atoms. The molecule has 2 heterocycles. The van der Waals surface area contributed by atoms with Crippen molar-refractivity contribution >= 4 is 81.8 Å². The van der Waals surface area contributed by atoms with E-state index in [1.165, 1.54) is 34.1 Å². The Morgan fingerprint density at radius 2 is 0.559 bits per heavy atom. The summed E-state index contributed by atoms with van der Waals surface area (Å²) in [7, 11) is 0. The zero-order chi connectivity index (χ0) is 48.2. The van der Waals surface area contributed by atoms with Crippen LogP contribution in [0.25, 0.3) is 0 Å². The van der Waals surface area contributed by atoms with Gasteiger partial charge in [-0.2, -0.15) is 0 Å². The van der Waals surface area contributed by atoms with E-state index in [-0.39, 0.29) is 60.9 Å². The van der Waals surface area contributed by atoms with Crippen molar-refractivity contribution in [2.24, 2.45) is 23.7 Å². The lowest BCUT2D eigenvalue weighted by molar-refractivity contribution is -0.132. The molecule has 7 rings (SSSR count). The Bertz CT molecular complexity index is 2240. The van der Waals surface area contributed by atoms with Gasteiger partial charge in [0.2, 0.25) is 23.6 Å². The second-order valence-corrected chi connectivity index (χ2v) is 18.8. The van der Waals surface area contributed by atoms with Gasteiger partial charge in [-0.05, 0) is 121 Å². The SMILES string of the molecule is O=C(NCCc1ccc(Cl)cc1)[C@H]1CN(C(=O)c2ccc(C(=O)N3C[C@H](C(=O)NCCc4ccc(Cl)cc4)[C@@H](C(=O)NCCc4ccc(Cl)cc4)C3)cc2)C[C@@H]1C(=O)NCCc1ccc(Cl)cc1. The summed E-state index contributed by atoms with van der Waals surface area (Å²) in [4.78, 5) is 85.8. The molecule has 0 saturated carbocycles. The van der Waals surface area contributed by atoms with E-state index in [9.17, 15) is 28.8 Å². The first-order valence-corrected chi connectivity index (χ1v) is 24.1. The molecule has 0 unspecified atom stereocenters. The van der Waals surface area contributed by atoms with Crippen molar-refractivity contribution in [3.05, 3.63) is 175 Å². The molecule has 68 heavy (non-hydrogen) atoms. The summed E-state index contributed by atoms with van der Waals surface area (Å²) in [5.41, 5.74) is 4.48. The molecule has 0 spiro atoms. The number of carbonyl (C=O) groups excluding carboxylic acids is 6. The summed E-state index contributed by atoms with van der Waals surface area (Å²) in [6.45, 7) is 1.37. The number of hydrogen-bond acceptors (Lipinski definition) is 6. The van der Waals surface area contributed by atoms with Crippen molar-refractivity contribution in [2.75, 3.05) is 52.4 Å². The van der Waals surface area contributed by atoms with Gasteiger partial charge in [0.25, 0.3) is 11.8 Å². The number of nitrogens with one attached hydrogen (secondary N) is 4. The highest BCUT2D eigenvalue weighted by Gasteiger charge is 2.45. The molecule has 4 N–H and O–H groups in total. The van der Waals surface area contributed by atoms with Crippen molar-refractivity contribution in [3.63, 3.8) is 0 Å². The minimum Gasteiger partial charge on any atom is -0.355 e. The van der Waals surface area contributed by atoms with E-state index >= 15 is 0 Å². The monoisotopic (exact) mass is 996 g/mol. The highest BCUT2D eigenvalue weighted by atomic mass is 35.5. The summed E-state index contributed by atoms with van der Waals surface area (Å²) in [6, 6.07) is 35.5. The Balaban J connectivity index is 0.992. The molecular weight excluding hydrogens is 946 g/mol. The normalized spacial score (nSPS) is 17.6. The number of nitrogens with zero attached hydrogens (tertiary/aromatic N) is 2. The summed E-state index contributed by atoms with van der Waals surface area (Å²) in [5.74, 6) is -5.34. The minimum atomic E-state index is -0.805. The van der Waals surface area contributed by atoms with Gasteiger partial charge in [0.05, 0.1) is 23.7 Å². The van der Waals surface area contributed by atoms with E-state index in [1.807, 2.05) is 48.5 Å². The summed E-state index contributed by atoms with van der Waals surface area (Å²) in [5, 5.41) is 14.3. The Morgan fingerprint density at radius 3 is 0.765 bits per heavy atom. The zero-order valence-corrected chi connectivity index (χ0v) is 40.2. The lowest BCUT2D eigenvalue weighted by Gasteiger charge is -2.18. The summed E-state index contributed by atoms with van der Waals surface area (Å²) in [6.07, 6.45) is 2.21. The molecule has 4 atom stereocenters. The highest BCUT2D eigenvalue weighted by molar-refractivity contribution is 6.31. The topological polar surface area (TPSA) is 157 Å². The predicted octanol–water partition coefficient (Wildman–Crippen LogP) is 7.11. The van der Waals surface area contributed by atoms with Gasteiger partial charge < -0.3 is 31.1 Å². The fraction of sp³-hybridized carbons (Fsp3) is 0.308. The van der Waals surface area contributed by atoms with E-state index < -0.39 is 35.5 Å². The third-order valence-corrected chi connectivity index (χ3v) is 13.5. The fourth-order valence-corrected chi connectivity index (χ4v) is 9.08. The number of likely N-dealkylation sites (tertiary alicyclic amines) is 2. The largest absolute Gasteiger partial charge is 0.355 e. The maximum absolute atomic E-state index is 14.0. The van der Waals surface area contributed by atoms with Crippen molar-refractivity contribution < 1.29 is 28.8 Å². The number of rotatable bonds is 18. The molecule has 2 fully saturated rings. The van der Waals surface area contributed by atoms with Crippen molar-refractivity contribution in [1.29, 1.82) is 0 Å². The fourth-order valence-electron chi connectivity index (χ4n) is 8.57. The van der Waals surface area contributed by atoms with E-state index in [2.05, 4.69) is 21.3 Å². The third-order valence-electron chi connectivity index (χ3n) is 12.4. The molecule has 12 nitrogen and oxygen atoms in total. The van der Waals surface area contributed by atoms with Crippen LogP contribution in [0.4, 0.5) is 0 Å². The van der Waals surface area contributed by atoms with Crippen molar-refractivity contribution in [1.82, 2.24) is 31.1 Å². The van der Waals surface area contributed by atoms with Crippen molar-refractivity contribution in [3.8, 4) is 0 Å². The molecule has 0 radical (unpaired) electrons. The van der Waals surface area contributed by atoms with E-state index in [4.69, 9.17) is 46.4 Å². The third kappa shape index (κ3) is 13.6. The van der Waals surface area contributed by atoms with Crippen LogP contribution in [0, 0.1) is 23.7 Å². The highest BCUT2D eigenvalue weighted by Crippen LogP contribution is 2.29. The molecule has 5 aromatic carbocycles. The van der Waals surface area contributed by atoms with Crippen LogP contribution in [-0.2, 0) is 44.9 Å². The van der Waals surface area contributed by atoms with Crippen LogP contribution in [0.15, 0.2) is 121 Å². The minimum absolute atomic E-state index is 0.0155. The van der Waals surface area contributed by atoms with Crippen LogP contribution in [0.5, 0.6) is 0 Å². The van der Waals surface area contributed by atoms with E-state index in [1.54, 1.807) is 48.5 Å². The first-order chi connectivity index (χ1) is 32.8. The Labute approximate surface area is 416 Å². The van der Waals surface area contributed by atoms with Gasteiger partial charge in [0, 0.05) is 83.6 Å². The Kier molecular flexibility index (Phi) is 17.6. The molecule has 6 amide bonds. The maximum Gasteiger partial charge on any atom is 0.253 e. The number of carbonyl (C=O) groups is 6. The molecule has 0 aliphatic carbocycles. The van der Waals surface area contributed by atoms with Crippen LogP contribution in [0.1, 0.15) is 43.0 Å². The Morgan fingerprint density at radius 1 is 0.353 bits per heavy atom. The van der Waals surface area contributed by atoms with Crippen LogP contribution in [0.3, 0.4) is 0 Å². The predicted molar refractivity (Wildman–Crippen MR) is 265 cm³/mol. The van der Waals surface area contributed by atoms with Gasteiger partial charge in [0.15, 0.2) is 0 Å². The standard InChI is InChI=1S/C52H52Cl4N6O6/c53-39-13-1-33(2-14-39)21-25-57-47(63)43-29-61(30-44(43)48(64)58-26-22-34-3-15-40(54)16-4-34)51(67)37-9-11-38(12-10-37)52(68)62-31-45(49(65)59-27-23-35-5-17-41(55)18-6-35)46(32-62)50(66)60-28-24-36-7-19-42(56)20-8-36/h1-20,43-46H,21-32H2,(H,57,63)(H,58,64)(H,59,65)(H,60,66)/t43-,44-,45-,46-/m0/s1. The molecule has 16 heteroatoms. The van der Waals surface area contributed by atoms with Crippen LogP contribution in [-0.4, -0.2) is 97.6 Å². The first-order valence-electron chi connectivity index (χ1n) is 22.6. The van der Waals surface area contributed by atoms with E-state index in [0.717, 1.165) is 22.3 Å². The van der Waals surface area contributed by atoms with Gasteiger partial charge in [-0.15, -0.1) is 0 Å². The second-order valence-electron chi connectivity index (χ2n) is 17.1. The van der Waals surface area contributed by atoms with Crippen molar-refractivity contribution in [2.45, 2.75) is 25.7 Å². The molecule has 2 saturated heterocycles. The maximum atomic E-state index is 14.0. The number of halogens is 4. The van der Waals surface area contributed by atoms with Gasteiger partial charge in [0.1, 0.15) is 0 Å². The average Bonchev–Trinajstić information content (AvgIpc) is 4.01. The smallest absolute Gasteiger partial charge is 0.253 e. The molecule has 0 aromatic heterocycles. The second kappa shape index (κ2) is 23.9. The zero-order valence-electron chi connectivity index (χ0n) is 37.2. The van der Waals surface area contributed by atoms with Gasteiger partial charge in [-0.25, -0.2) is 0 Å². The lowest BCUT2D eigenvalue weighted by Crippen LogP contribution is -2.42. The Hall–Kier alpha value is -5.92. The molecular formula is C52H52Cl4N6O6. The summed E-state index contributed by atoms with van der Waals surface area (Å²) >= 11 is 24.1. The van der Waals surface area contributed by atoms with Crippen LogP contribution < -0.4 is 21.3 Å². The molecule has 2 aliphatic heterocycles. The number of amides is 6. The van der Waals surface area contributed by atoms with E-state index in [0.29, 0.717) is 72.0 Å². The average molecular weight is 999 g/mol. The van der Waals surface area contributed by atoms with Crippen LogP contribution in [0.2, 0.25) is 20.1 Å². The number of benzene rings is 5. The van der Waals surface area contributed by atoms with Gasteiger partial charge >= 0.3 is 0 Å². The quantitative estimate of drug-likeness (QED) is 0.0734. The number of hydrogen-bond donors (Lipinski definition) is 4. The molecule has 354 valence electrons. The van der Waals surface area contributed by atoms with Gasteiger partial charge in [-0.1, -0.05) is 94.9 Å². The van der Waals surface area contributed by atoms with Gasteiger partial charge in [-0.3, -0.25) is 28.8 Å². The lowest BCUT2D eigenvalue weighted by atomic mass is 9.94. The first kappa shape index (κ1) is 50.0. The summed E-state index contributed by atoms with van der Waals surface area (Å²) < 4.78 is 0. The van der Waals surface area contributed by atoms with Crippen LogP contribution >= 0.6 is 46.4 Å². The molecule has 5 aromatic rings. The molecule has 2 aliphatic rings.